The lowest BCUT2D eigenvalue weighted by Crippen LogP contribution is -2.29. The molecular formula is C12H19N3O2S. The second kappa shape index (κ2) is 5.26. The van der Waals surface area contributed by atoms with Gasteiger partial charge in [-0.25, -0.2) is 13.6 Å². The summed E-state index contributed by atoms with van der Waals surface area (Å²) in [5.74, 6) is 0. The number of sulfonamides is 1. The van der Waals surface area contributed by atoms with Crippen molar-refractivity contribution in [2.24, 2.45) is 5.14 Å². The van der Waals surface area contributed by atoms with Gasteiger partial charge in [-0.15, -0.1) is 0 Å². The third-order valence-electron chi connectivity index (χ3n) is 3.24. The molecule has 0 spiro atoms. The fraction of sp³-hybridized carbons (Fsp3) is 0.500. The molecular weight excluding hydrogens is 250 g/mol. The average Bonchev–Trinajstić information content (AvgIpc) is 2.79. The van der Waals surface area contributed by atoms with E-state index in [2.05, 4.69) is 10.6 Å². The molecule has 1 unspecified atom stereocenters. The number of aryl methyl sites for hydroxylation is 1. The zero-order valence-corrected chi connectivity index (χ0v) is 11.3. The maximum absolute atomic E-state index is 11.3. The highest BCUT2D eigenvalue weighted by Gasteiger charge is 2.14. The molecule has 1 saturated heterocycles. The molecule has 1 aromatic rings. The van der Waals surface area contributed by atoms with E-state index in [4.69, 9.17) is 5.14 Å². The minimum Gasteiger partial charge on any atom is -0.383 e. The molecule has 1 aliphatic heterocycles. The molecule has 18 heavy (non-hydrogen) atoms. The standard InChI is InChI=1S/C12H19N3O2S/c1-9-4-5-11(18(13,16)17)7-12(9)15-8-10-3-2-6-14-10/h4-5,7,10,14-15H,2-3,6,8H2,1H3,(H2,13,16,17). The minimum absolute atomic E-state index is 0.148. The van der Waals surface area contributed by atoms with Crippen LogP contribution in [0.2, 0.25) is 0 Å². The van der Waals surface area contributed by atoms with Crippen LogP contribution in [0.4, 0.5) is 5.69 Å². The molecule has 2 rings (SSSR count). The molecule has 4 N–H and O–H groups in total. The van der Waals surface area contributed by atoms with Gasteiger partial charge < -0.3 is 10.6 Å². The van der Waals surface area contributed by atoms with Crippen molar-refractivity contribution in [3.63, 3.8) is 0 Å². The normalized spacial score (nSPS) is 20.0. The van der Waals surface area contributed by atoms with Gasteiger partial charge in [-0.1, -0.05) is 6.07 Å². The third kappa shape index (κ3) is 3.22. The fourth-order valence-electron chi connectivity index (χ4n) is 2.13. The summed E-state index contributed by atoms with van der Waals surface area (Å²) in [6.45, 7) is 3.80. The Morgan fingerprint density at radius 2 is 2.28 bits per heavy atom. The van der Waals surface area contributed by atoms with Crippen LogP contribution in [0.15, 0.2) is 23.1 Å². The van der Waals surface area contributed by atoms with E-state index in [1.54, 1.807) is 12.1 Å². The summed E-state index contributed by atoms with van der Waals surface area (Å²) < 4.78 is 22.6. The number of nitrogens with one attached hydrogen (secondary N) is 2. The summed E-state index contributed by atoms with van der Waals surface area (Å²) in [5, 5.41) is 11.8. The number of benzene rings is 1. The van der Waals surface area contributed by atoms with Gasteiger partial charge in [0, 0.05) is 18.3 Å². The predicted octanol–water partition coefficient (Wildman–Crippen LogP) is 0.806. The predicted molar refractivity (Wildman–Crippen MR) is 72.1 cm³/mol. The van der Waals surface area contributed by atoms with Crippen LogP contribution in [0.1, 0.15) is 18.4 Å². The highest BCUT2D eigenvalue weighted by atomic mass is 32.2. The van der Waals surface area contributed by atoms with Gasteiger partial charge in [0.05, 0.1) is 4.90 Å². The maximum atomic E-state index is 11.3. The highest BCUT2D eigenvalue weighted by molar-refractivity contribution is 7.89. The smallest absolute Gasteiger partial charge is 0.238 e. The quantitative estimate of drug-likeness (QED) is 0.755. The van der Waals surface area contributed by atoms with Crippen molar-refractivity contribution in [2.75, 3.05) is 18.4 Å². The monoisotopic (exact) mass is 269 g/mol. The number of hydrogen-bond donors (Lipinski definition) is 3. The van der Waals surface area contributed by atoms with Crippen LogP contribution in [0.5, 0.6) is 0 Å². The van der Waals surface area contributed by atoms with E-state index in [1.165, 1.54) is 12.5 Å². The van der Waals surface area contributed by atoms with Gasteiger partial charge >= 0.3 is 0 Å². The fourth-order valence-corrected chi connectivity index (χ4v) is 2.67. The van der Waals surface area contributed by atoms with Crippen molar-refractivity contribution in [1.82, 2.24) is 5.32 Å². The van der Waals surface area contributed by atoms with E-state index in [0.717, 1.165) is 30.8 Å². The van der Waals surface area contributed by atoms with Gasteiger partial charge in [-0.3, -0.25) is 0 Å². The SMILES string of the molecule is Cc1ccc(S(N)(=O)=O)cc1NCC1CCCN1. The first-order valence-corrected chi connectivity index (χ1v) is 7.62. The maximum Gasteiger partial charge on any atom is 0.238 e. The molecule has 1 atom stereocenters. The van der Waals surface area contributed by atoms with Gasteiger partial charge in [0.2, 0.25) is 10.0 Å². The van der Waals surface area contributed by atoms with Gasteiger partial charge in [0.15, 0.2) is 0 Å². The number of primary sulfonamides is 1. The Hall–Kier alpha value is -1.11. The number of anilines is 1. The minimum atomic E-state index is -3.64. The summed E-state index contributed by atoms with van der Waals surface area (Å²) in [7, 11) is -3.64. The van der Waals surface area contributed by atoms with E-state index < -0.39 is 10.0 Å². The van der Waals surface area contributed by atoms with Crippen LogP contribution in [0, 0.1) is 6.92 Å². The van der Waals surface area contributed by atoms with E-state index in [1.807, 2.05) is 6.92 Å². The van der Waals surface area contributed by atoms with E-state index in [9.17, 15) is 8.42 Å². The van der Waals surface area contributed by atoms with Crippen molar-refractivity contribution in [2.45, 2.75) is 30.7 Å². The zero-order valence-electron chi connectivity index (χ0n) is 10.4. The second-order valence-electron chi connectivity index (χ2n) is 4.70. The Morgan fingerprint density at radius 1 is 1.50 bits per heavy atom. The van der Waals surface area contributed by atoms with Crippen LogP contribution in [0.3, 0.4) is 0 Å². The van der Waals surface area contributed by atoms with Crippen molar-refractivity contribution in [3.8, 4) is 0 Å². The van der Waals surface area contributed by atoms with Crippen LogP contribution in [0.25, 0.3) is 0 Å². The molecule has 1 aromatic carbocycles. The average molecular weight is 269 g/mol. The molecule has 0 aromatic heterocycles. The molecule has 0 saturated carbocycles. The molecule has 0 aliphatic carbocycles. The Morgan fingerprint density at radius 3 is 2.89 bits per heavy atom. The molecule has 0 amide bonds. The van der Waals surface area contributed by atoms with Crippen molar-refractivity contribution >= 4 is 15.7 Å². The number of hydrogen-bond acceptors (Lipinski definition) is 4. The van der Waals surface area contributed by atoms with E-state index in [0.29, 0.717) is 6.04 Å². The van der Waals surface area contributed by atoms with Crippen LogP contribution >= 0.6 is 0 Å². The topological polar surface area (TPSA) is 84.2 Å². The van der Waals surface area contributed by atoms with Crippen LogP contribution in [-0.2, 0) is 10.0 Å². The van der Waals surface area contributed by atoms with Crippen LogP contribution < -0.4 is 15.8 Å². The molecule has 5 nitrogen and oxygen atoms in total. The second-order valence-corrected chi connectivity index (χ2v) is 6.26. The molecule has 1 fully saturated rings. The number of nitrogens with two attached hydrogens (primary N) is 1. The lowest BCUT2D eigenvalue weighted by Gasteiger charge is -2.15. The number of rotatable bonds is 4. The van der Waals surface area contributed by atoms with Gasteiger partial charge in [-0.05, 0) is 44.0 Å². The largest absolute Gasteiger partial charge is 0.383 e. The summed E-state index contributed by atoms with van der Waals surface area (Å²) in [6, 6.07) is 5.36. The lowest BCUT2D eigenvalue weighted by atomic mass is 10.2. The zero-order chi connectivity index (χ0) is 13.2. The Labute approximate surface area is 108 Å². The molecule has 0 radical (unpaired) electrons. The van der Waals surface area contributed by atoms with Gasteiger partial charge in [-0.2, -0.15) is 0 Å². The first-order chi connectivity index (χ1) is 8.47. The van der Waals surface area contributed by atoms with Gasteiger partial charge in [0.25, 0.3) is 0 Å². The summed E-state index contributed by atoms with van der Waals surface area (Å²) in [4.78, 5) is 0.148. The summed E-state index contributed by atoms with van der Waals surface area (Å²) in [6.07, 6.45) is 2.35. The first-order valence-electron chi connectivity index (χ1n) is 6.07. The van der Waals surface area contributed by atoms with E-state index in [-0.39, 0.29) is 4.90 Å². The first kappa shape index (κ1) is 13.3. The molecule has 0 bridgehead atoms. The van der Waals surface area contributed by atoms with Crippen molar-refractivity contribution in [1.29, 1.82) is 0 Å². The Kier molecular flexibility index (Phi) is 3.89. The van der Waals surface area contributed by atoms with Crippen molar-refractivity contribution < 1.29 is 8.42 Å². The summed E-state index contributed by atoms with van der Waals surface area (Å²) >= 11 is 0. The van der Waals surface area contributed by atoms with Crippen molar-refractivity contribution in [3.05, 3.63) is 23.8 Å². The van der Waals surface area contributed by atoms with Gasteiger partial charge in [0.1, 0.15) is 0 Å². The van der Waals surface area contributed by atoms with E-state index >= 15 is 0 Å². The molecule has 1 aliphatic rings. The Bertz CT molecular complexity index is 522. The molecule has 6 heteroatoms. The molecule has 100 valence electrons. The molecule has 1 heterocycles. The third-order valence-corrected chi connectivity index (χ3v) is 4.15. The Balaban J connectivity index is 2.11. The summed E-state index contributed by atoms with van der Waals surface area (Å²) in [5.41, 5.74) is 1.84. The highest BCUT2D eigenvalue weighted by Crippen LogP contribution is 2.19. The van der Waals surface area contributed by atoms with Crippen LogP contribution in [-0.4, -0.2) is 27.5 Å². The lowest BCUT2D eigenvalue weighted by molar-refractivity contribution is 0.598.